The fourth-order valence-electron chi connectivity index (χ4n) is 3.24. The molecule has 3 heterocycles. The van der Waals surface area contributed by atoms with Crippen molar-refractivity contribution in [2.24, 2.45) is 0 Å². The van der Waals surface area contributed by atoms with Gasteiger partial charge in [-0.3, -0.25) is 14.5 Å². The summed E-state index contributed by atoms with van der Waals surface area (Å²) < 4.78 is 0. The van der Waals surface area contributed by atoms with Crippen molar-refractivity contribution < 1.29 is 9.59 Å². The highest BCUT2D eigenvalue weighted by molar-refractivity contribution is 7.10. The monoisotopic (exact) mass is 307 g/mol. The first kappa shape index (κ1) is 14.5. The lowest BCUT2D eigenvalue weighted by molar-refractivity contribution is -0.139. The fraction of sp³-hybridized carbons (Fsp3) is 0.600. The summed E-state index contributed by atoms with van der Waals surface area (Å²) in [5, 5.41) is 4.90. The van der Waals surface area contributed by atoms with Crippen molar-refractivity contribution in [2.75, 3.05) is 32.7 Å². The van der Waals surface area contributed by atoms with E-state index in [4.69, 9.17) is 0 Å². The molecule has 5 nitrogen and oxygen atoms in total. The average molecular weight is 307 g/mol. The standard InChI is InChI=1S/C15H21N3O2S/c1-2-12-11-4-8-21-13(11)3-6-17(12)10-15(20)18-7-5-16-14(19)9-18/h4,8,12H,2-3,5-7,9-10H2,1H3,(H,16,19). The summed E-state index contributed by atoms with van der Waals surface area (Å²) >= 11 is 1.82. The maximum atomic E-state index is 12.4. The summed E-state index contributed by atoms with van der Waals surface area (Å²) in [5.41, 5.74) is 1.39. The molecule has 0 saturated carbocycles. The molecule has 6 heteroatoms. The van der Waals surface area contributed by atoms with Crippen LogP contribution in [0.5, 0.6) is 0 Å². The van der Waals surface area contributed by atoms with Crippen LogP contribution in [0.2, 0.25) is 0 Å². The lowest BCUT2D eigenvalue weighted by atomic mass is 9.98. The number of nitrogens with one attached hydrogen (secondary N) is 1. The summed E-state index contributed by atoms with van der Waals surface area (Å²) in [7, 11) is 0. The summed E-state index contributed by atoms with van der Waals surface area (Å²) in [4.78, 5) is 29.2. The Hall–Kier alpha value is -1.40. The zero-order chi connectivity index (χ0) is 14.8. The molecule has 3 rings (SSSR count). The third-order valence-electron chi connectivity index (χ3n) is 4.32. The number of carbonyl (C=O) groups is 2. The molecule has 1 fully saturated rings. The minimum Gasteiger partial charge on any atom is -0.353 e. The minimum atomic E-state index is -0.0552. The number of carbonyl (C=O) groups excluding carboxylic acids is 2. The summed E-state index contributed by atoms with van der Waals surface area (Å²) in [6.07, 6.45) is 2.04. The van der Waals surface area contributed by atoms with Gasteiger partial charge in [0.15, 0.2) is 0 Å². The van der Waals surface area contributed by atoms with E-state index >= 15 is 0 Å². The first-order valence-electron chi connectivity index (χ1n) is 7.54. The summed E-state index contributed by atoms with van der Waals surface area (Å²) in [5.74, 6) is 0.0161. The van der Waals surface area contributed by atoms with E-state index in [1.807, 2.05) is 11.3 Å². The molecule has 114 valence electrons. The number of hydrogen-bond donors (Lipinski definition) is 1. The van der Waals surface area contributed by atoms with Crippen LogP contribution in [0.4, 0.5) is 0 Å². The molecule has 2 aliphatic rings. The molecule has 1 N–H and O–H groups in total. The van der Waals surface area contributed by atoms with E-state index in [9.17, 15) is 9.59 Å². The molecule has 1 saturated heterocycles. The SMILES string of the molecule is CCC1c2ccsc2CCN1CC(=O)N1CCNC(=O)C1. The van der Waals surface area contributed by atoms with Crippen molar-refractivity contribution in [3.05, 3.63) is 21.9 Å². The van der Waals surface area contributed by atoms with Crippen LogP contribution in [-0.4, -0.2) is 54.3 Å². The van der Waals surface area contributed by atoms with Gasteiger partial charge in [0, 0.05) is 30.6 Å². The Kier molecular flexibility index (Phi) is 4.26. The van der Waals surface area contributed by atoms with Gasteiger partial charge in [-0.25, -0.2) is 0 Å². The Morgan fingerprint density at radius 1 is 1.48 bits per heavy atom. The quantitative estimate of drug-likeness (QED) is 0.907. The number of piperazine rings is 1. The molecule has 0 radical (unpaired) electrons. The molecule has 0 aromatic carbocycles. The van der Waals surface area contributed by atoms with E-state index in [0.717, 1.165) is 19.4 Å². The van der Waals surface area contributed by atoms with Crippen molar-refractivity contribution in [1.29, 1.82) is 0 Å². The molecule has 1 unspecified atom stereocenters. The second-order valence-corrected chi connectivity index (χ2v) is 6.61. The minimum absolute atomic E-state index is 0.0552. The maximum Gasteiger partial charge on any atom is 0.239 e. The first-order chi connectivity index (χ1) is 10.2. The van der Waals surface area contributed by atoms with Crippen LogP contribution in [0.15, 0.2) is 11.4 Å². The normalized spacial score (nSPS) is 22.8. The molecule has 0 bridgehead atoms. The molecular weight excluding hydrogens is 286 g/mol. The molecule has 2 amide bonds. The Morgan fingerprint density at radius 2 is 2.33 bits per heavy atom. The Labute approximate surface area is 128 Å². The number of amides is 2. The highest BCUT2D eigenvalue weighted by atomic mass is 32.1. The van der Waals surface area contributed by atoms with Crippen molar-refractivity contribution in [3.63, 3.8) is 0 Å². The molecule has 21 heavy (non-hydrogen) atoms. The molecule has 0 spiro atoms. The third kappa shape index (κ3) is 2.96. The van der Waals surface area contributed by atoms with E-state index in [0.29, 0.717) is 25.7 Å². The number of thiophene rings is 1. The number of hydrogen-bond acceptors (Lipinski definition) is 4. The predicted octanol–water partition coefficient (Wildman–Crippen LogP) is 1.02. The predicted molar refractivity (Wildman–Crippen MR) is 82.2 cm³/mol. The van der Waals surface area contributed by atoms with Crippen LogP contribution >= 0.6 is 11.3 Å². The molecule has 1 aromatic heterocycles. The van der Waals surface area contributed by atoms with Gasteiger partial charge in [0.1, 0.15) is 0 Å². The molecule has 1 aromatic rings. The highest BCUT2D eigenvalue weighted by Crippen LogP contribution is 2.34. The molecular formula is C15H21N3O2S. The van der Waals surface area contributed by atoms with Gasteiger partial charge in [-0.1, -0.05) is 6.92 Å². The van der Waals surface area contributed by atoms with Crippen molar-refractivity contribution in [1.82, 2.24) is 15.1 Å². The van der Waals surface area contributed by atoms with Crippen LogP contribution < -0.4 is 5.32 Å². The Bertz CT molecular complexity index is 543. The zero-order valence-corrected chi connectivity index (χ0v) is 13.1. The first-order valence-corrected chi connectivity index (χ1v) is 8.41. The Balaban J connectivity index is 1.67. The van der Waals surface area contributed by atoms with E-state index in [1.165, 1.54) is 10.4 Å². The van der Waals surface area contributed by atoms with E-state index < -0.39 is 0 Å². The highest BCUT2D eigenvalue weighted by Gasteiger charge is 2.30. The average Bonchev–Trinajstić information content (AvgIpc) is 2.95. The second kappa shape index (κ2) is 6.15. The third-order valence-corrected chi connectivity index (χ3v) is 5.32. The second-order valence-electron chi connectivity index (χ2n) is 5.61. The van der Waals surface area contributed by atoms with Crippen molar-refractivity contribution >= 4 is 23.2 Å². The van der Waals surface area contributed by atoms with Gasteiger partial charge in [-0.15, -0.1) is 11.3 Å². The summed E-state index contributed by atoms with van der Waals surface area (Å²) in [6.45, 7) is 4.91. The Morgan fingerprint density at radius 3 is 3.10 bits per heavy atom. The molecule has 2 aliphatic heterocycles. The number of rotatable bonds is 3. The summed E-state index contributed by atoms with van der Waals surface area (Å²) in [6, 6.07) is 2.53. The van der Waals surface area contributed by atoms with E-state index in [2.05, 4.69) is 28.6 Å². The topological polar surface area (TPSA) is 52.7 Å². The van der Waals surface area contributed by atoms with E-state index in [-0.39, 0.29) is 18.4 Å². The fourth-order valence-corrected chi connectivity index (χ4v) is 4.17. The molecule has 0 aliphatic carbocycles. The van der Waals surface area contributed by atoms with Crippen molar-refractivity contribution in [3.8, 4) is 0 Å². The lowest BCUT2D eigenvalue weighted by Crippen LogP contribution is -2.53. The molecule has 1 atom stereocenters. The van der Waals surface area contributed by atoms with Gasteiger partial charge in [0.05, 0.1) is 13.1 Å². The van der Waals surface area contributed by atoms with Crippen molar-refractivity contribution in [2.45, 2.75) is 25.8 Å². The van der Waals surface area contributed by atoms with Gasteiger partial charge in [0.25, 0.3) is 0 Å². The van der Waals surface area contributed by atoms with Crippen LogP contribution in [0, 0.1) is 0 Å². The number of nitrogens with zero attached hydrogens (tertiary/aromatic N) is 2. The van der Waals surface area contributed by atoms with Crippen LogP contribution in [0.25, 0.3) is 0 Å². The van der Waals surface area contributed by atoms with Crippen LogP contribution in [-0.2, 0) is 16.0 Å². The largest absolute Gasteiger partial charge is 0.353 e. The van der Waals surface area contributed by atoms with Crippen LogP contribution in [0.1, 0.15) is 29.8 Å². The van der Waals surface area contributed by atoms with Gasteiger partial charge in [-0.2, -0.15) is 0 Å². The number of fused-ring (bicyclic) bond motifs is 1. The smallest absolute Gasteiger partial charge is 0.239 e. The lowest BCUT2D eigenvalue weighted by Gasteiger charge is -2.36. The maximum absolute atomic E-state index is 12.4. The van der Waals surface area contributed by atoms with Gasteiger partial charge >= 0.3 is 0 Å². The van der Waals surface area contributed by atoms with Gasteiger partial charge in [-0.05, 0) is 29.9 Å². The van der Waals surface area contributed by atoms with E-state index in [1.54, 1.807) is 4.90 Å². The zero-order valence-electron chi connectivity index (χ0n) is 12.3. The van der Waals surface area contributed by atoms with Gasteiger partial charge < -0.3 is 10.2 Å². The van der Waals surface area contributed by atoms with Gasteiger partial charge in [0.2, 0.25) is 11.8 Å². The van der Waals surface area contributed by atoms with Crippen LogP contribution in [0.3, 0.4) is 0 Å².